The number of aryl methyl sites for hydroxylation is 2. The van der Waals surface area contributed by atoms with Gasteiger partial charge in [0.05, 0.1) is 12.1 Å². The highest BCUT2D eigenvalue weighted by molar-refractivity contribution is 5.13. The third kappa shape index (κ3) is 3.27. The van der Waals surface area contributed by atoms with Crippen molar-refractivity contribution in [3.8, 4) is 0 Å². The van der Waals surface area contributed by atoms with Gasteiger partial charge in [0.2, 0.25) is 0 Å². The first kappa shape index (κ1) is 14.3. The van der Waals surface area contributed by atoms with Crippen molar-refractivity contribution in [2.45, 2.75) is 65.5 Å². The fraction of sp³-hybridized carbons (Fsp3) is 0.688. The van der Waals surface area contributed by atoms with Gasteiger partial charge in [-0.2, -0.15) is 0 Å². The SMILES string of the molecule is Cc1cc(=O)cc(C)n1CC1(O)CCC(C)(C)CC1. The molecule has 0 spiro atoms. The Kier molecular flexibility index (Phi) is 3.61. The first-order chi connectivity index (χ1) is 8.71. The van der Waals surface area contributed by atoms with Crippen LogP contribution in [0.3, 0.4) is 0 Å². The summed E-state index contributed by atoms with van der Waals surface area (Å²) in [6, 6.07) is 3.28. The molecule has 0 unspecified atom stereocenters. The van der Waals surface area contributed by atoms with Gasteiger partial charge >= 0.3 is 0 Å². The van der Waals surface area contributed by atoms with Crippen molar-refractivity contribution in [3.05, 3.63) is 33.7 Å². The summed E-state index contributed by atoms with van der Waals surface area (Å²) in [5.74, 6) is 0. The van der Waals surface area contributed by atoms with Gasteiger partial charge in [0, 0.05) is 23.5 Å². The van der Waals surface area contributed by atoms with Gasteiger partial charge in [0.15, 0.2) is 5.43 Å². The van der Waals surface area contributed by atoms with Crippen molar-refractivity contribution in [2.24, 2.45) is 5.41 Å². The molecule has 3 heteroatoms. The lowest BCUT2D eigenvalue weighted by atomic mass is 9.71. The van der Waals surface area contributed by atoms with Gasteiger partial charge < -0.3 is 9.67 Å². The fourth-order valence-electron chi connectivity index (χ4n) is 2.98. The summed E-state index contributed by atoms with van der Waals surface area (Å²) in [6.45, 7) is 9.00. The minimum absolute atomic E-state index is 0.0445. The lowest BCUT2D eigenvalue weighted by Gasteiger charge is -2.41. The lowest BCUT2D eigenvalue weighted by molar-refractivity contribution is -0.0393. The minimum Gasteiger partial charge on any atom is -0.388 e. The highest BCUT2D eigenvalue weighted by Gasteiger charge is 2.37. The summed E-state index contributed by atoms with van der Waals surface area (Å²) in [4.78, 5) is 11.4. The molecule has 0 aromatic carbocycles. The molecule has 1 aromatic rings. The molecule has 0 amide bonds. The Hall–Kier alpha value is -1.09. The third-order valence-electron chi connectivity index (χ3n) is 4.54. The van der Waals surface area contributed by atoms with Crippen LogP contribution < -0.4 is 5.43 Å². The molecule has 1 aromatic heterocycles. The molecule has 0 saturated heterocycles. The second kappa shape index (κ2) is 4.78. The van der Waals surface area contributed by atoms with Crippen LogP contribution in [0.1, 0.15) is 50.9 Å². The maximum Gasteiger partial charge on any atom is 0.182 e. The summed E-state index contributed by atoms with van der Waals surface area (Å²) >= 11 is 0. The molecule has 106 valence electrons. The van der Waals surface area contributed by atoms with E-state index in [1.54, 1.807) is 12.1 Å². The molecule has 1 heterocycles. The fourth-order valence-corrected chi connectivity index (χ4v) is 2.98. The average Bonchev–Trinajstić information content (AvgIpc) is 2.29. The van der Waals surface area contributed by atoms with Gasteiger partial charge in [0.25, 0.3) is 0 Å². The zero-order chi connectivity index (χ0) is 14.3. The van der Waals surface area contributed by atoms with Crippen molar-refractivity contribution in [1.29, 1.82) is 0 Å². The molecule has 0 bridgehead atoms. The number of rotatable bonds is 2. The molecule has 0 radical (unpaired) electrons. The van der Waals surface area contributed by atoms with Crippen molar-refractivity contribution in [1.82, 2.24) is 4.57 Å². The average molecular weight is 263 g/mol. The van der Waals surface area contributed by atoms with E-state index in [-0.39, 0.29) is 5.43 Å². The molecular formula is C16H25NO2. The number of hydrogen-bond acceptors (Lipinski definition) is 2. The van der Waals surface area contributed by atoms with Crippen LogP contribution in [0, 0.1) is 19.3 Å². The van der Waals surface area contributed by atoms with E-state index in [4.69, 9.17) is 0 Å². The van der Waals surface area contributed by atoms with E-state index >= 15 is 0 Å². The Bertz CT molecular complexity index is 492. The van der Waals surface area contributed by atoms with Crippen molar-refractivity contribution >= 4 is 0 Å². The normalized spacial score (nSPS) is 21.3. The smallest absolute Gasteiger partial charge is 0.182 e. The number of hydrogen-bond donors (Lipinski definition) is 1. The standard InChI is InChI=1S/C16H25NO2/c1-12-9-14(18)10-13(2)17(12)11-16(19)7-5-15(3,4)6-8-16/h9-10,19H,5-8,11H2,1-4H3. The maximum absolute atomic E-state index is 11.4. The van der Waals surface area contributed by atoms with Gasteiger partial charge in [-0.25, -0.2) is 0 Å². The van der Waals surface area contributed by atoms with Gasteiger partial charge in [-0.15, -0.1) is 0 Å². The topological polar surface area (TPSA) is 42.2 Å². The van der Waals surface area contributed by atoms with E-state index in [0.717, 1.165) is 37.1 Å². The summed E-state index contributed by atoms with van der Waals surface area (Å²) in [7, 11) is 0. The highest BCUT2D eigenvalue weighted by Crippen LogP contribution is 2.40. The molecule has 3 nitrogen and oxygen atoms in total. The molecule has 1 aliphatic carbocycles. The monoisotopic (exact) mass is 263 g/mol. The quantitative estimate of drug-likeness (QED) is 0.891. The largest absolute Gasteiger partial charge is 0.388 e. The Balaban J connectivity index is 2.20. The van der Waals surface area contributed by atoms with Crippen LogP contribution >= 0.6 is 0 Å². The molecule has 2 rings (SSSR count). The van der Waals surface area contributed by atoms with E-state index in [1.807, 2.05) is 13.8 Å². The number of pyridine rings is 1. The van der Waals surface area contributed by atoms with Gasteiger partial charge in [-0.05, 0) is 44.9 Å². The summed E-state index contributed by atoms with van der Waals surface area (Å²) in [5.41, 5.74) is 1.63. The first-order valence-corrected chi connectivity index (χ1v) is 7.11. The summed E-state index contributed by atoms with van der Waals surface area (Å²) < 4.78 is 2.07. The molecule has 0 aliphatic heterocycles. The summed E-state index contributed by atoms with van der Waals surface area (Å²) in [5, 5.41) is 10.8. The second-order valence-corrected chi connectivity index (χ2v) is 6.95. The van der Waals surface area contributed by atoms with Gasteiger partial charge in [-0.3, -0.25) is 4.79 Å². The van der Waals surface area contributed by atoms with Crippen molar-refractivity contribution in [3.63, 3.8) is 0 Å². The van der Waals surface area contributed by atoms with Crippen LogP contribution in [0.2, 0.25) is 0 Å². The molecular weight excluding hydrogens is 238 g/mol. The first-order valence-electron chi connectivity index (χ1n) is 7.11. The predicted octanol–water partition coefficient (Wildman–Crippen LogP) is 2.80. The predicted molar refractivity (Wildman–Crippen MR) is 77.4 cm³/mol. The van der Waals surface area contributed by atoms with Crippen LogP contribution in [0.5, 0.6) is 0 Å². The van der Waals surface area contributed by atoms with Gasteiger partial charge in [0.1, 0.15) is 0 Å². The van der Waals surface area contributed by atoms with E-state index in [1.165, 1.54) is 0 Å². The van der Waals surface area contributed by atoms with Crippen LogP contribution in [0.4, 0.5) is 0 Å². The number of nitrogens with zero attached hydrogens (tertiary/aromatic N) is 1. The number of aliphatic hydroxyl groups is 1. The zero-order valence-corrected chi connectivity index (χ0v) is 12.5. The molecule has 19 heavy (non-hydrogen) atoms. The molecule has 1 saturated carbocycles. The summed E-state index contributed by atoms with van der Waals surface area (Å²) in [6.07, 6.45) is 3.79. The van der Waals surface area contributed by atoms with Crippen LogP contribution in [0.15, 0.2) is 16.9 Å². The Morgan fingerprint density at radius 3 is 2.05 bits per heavy atom. The van der Waals surface area contributed by atoms with Crippen molar-refractivity contribution < 1.29 is 5.11 Å². The van der Waals surface area contributed by atoms with Gasteiger partial charge in [-0.1, -0.05) is 13.8 Å². The van der Waals surface area contributed by atoms with E-state index in [0.29, 0.717) is 12.0 Å². The van der Waals surface area contributed by atoms with Crippen molar-refractivity contribution in [2.75, 3.05) is 0 Å². The Labute approximate surface area is 115 Å². The second-order valence-electron chi connectivity index (χ2n) is 6.95. The Morgan fingerprint density at radius 2 is 1.58 bits per heavy atom. The minimum atomic E-state index is -0.625. The molecule has 1 fully saturated rings. The molecule has 0 atom stereocenters. The van der Waals surface area contributed by atoms with Crippen LogP contribution in [-0.2, 0) is 6.54 Å². The maximum atomic E-state index is 11.4. The molecule has 1 aliphatic rings. The highest BCUT2D eigenvalue weighted by atomic mass is 16.3. The number of aromatic nitrogens is 1. The van der Waals surface area contributed by atoms with E-state index in [2.05, 4.69) is 18.4 Å². The molecule has 1 N–H and O–H groups in total. The Morgan fingerprint density at radius 1 is 1.11 bits per heavy atom. The zero-order valence-electron chi connectivity index (χ0n) is 12.5. The van der Waals surface area contributed by atoms with Crippen LogP contribution in [-0.4, -0.2) is 15.3 Å². The van der Waals surface area contributed by atoms with E-state index < -0.39 is 5.60 Å². The lowest BCUT2D eigenvalue weighted by Crippen LogP contribution is -2.41. The third-order valence-corrected chi connectivity index (χ3v) is 4.54. The van der Waals surface area contributed by atoms with Crippen LogP contribution in [0.25, 0.3) is 0 Å². The van der Waals surface area contributed by atoms with E-state index in [9.17, 15) is 9.90 Å².